The van der Waals surface area contributed by atoms with Crippen molar-refractivity contribution in [3.8, 4) is 0 Å². The van der Waals surface area contributed by atoms with Gasteiger partial charge in [0.05, 0.1) is 0 Å². The van der Waals surface area contributed by atoms with Gasteiger partial charge < -0.3 is 34.8 Å². The molecule has 29 heteroatoms. The van der Waals surface area contributed by atoms with Crippen LogP contribution in [0, 0.1) is 19.9 Å². The van der Waals surface area contributed by atoms with Gasteiger partial charge in [0.15, 0.2) is 0 Å². The Bertz CT molecular complexity index is 243. The van der Waals surface area contributed by atoms with Crippen LogP contribution in [0.4, 0.5) is 0 Å². The van der Waals surface area contributed by atoms with Gasteiger partial charge in [-0.2, -0.15) is 19.8 Å². The van der Waals surface area contributed by atoms with Crippen molar-refractivity contribution in [2.75, 3.05) is 6.16 Å². The first-order valence-electron chi connectivity index (χ1n) is 4.11. The molecule has 38 heavy (non-hydrogen) atoms. The molecule has 0 spiro atoms. The molecule has 0 amide bonds. The van der Waals surface area contributed by atoms with Gasteiger partial charge in [0.2, 0.25) is 0 Å². The normalized spacial score (nSPS) is 4.21. The van der Waals surface area contributed by atoms with E-state index in [0.29, 0.717) is 0 Å². The number of hydrogen-bond donors (Lipinski definition) is 6. The van der Waals surface area contributed by atoms with Gasteiger partial charge >= 0.3 is 69.6 Å². The van der Waals surface area contributed by atoms with Crippen molar-refractivity contribution in [1.82, 2.24) is 0 Å². The molecule has 0 saturated heterocycles. The predicted molar refractivity (Wildman–Crippen MR) is 174 cm³/mol. The van der Waals surface area contributed by atoms with Crippen LogP contribution in [0.3, 0.4) is 0 Å². The van der Waals surface area contributed by atoms with Crippen LogP contribution in [0.5, 0.6) is 0 Å². The average Bonchev–Trinajstić information content (AvgIpc) is 2.63. The van der Waals surface area contributed by atoms with Gasteiger partial charge in [-0.15, -0.1) is 9.24 Å². The third-order valence-electron chi connectivity index (χ3n) is 0. The second-order valence-electron chi connectivity index (χ2n) is 0.973. The SMILES string of the molecule is C.C.C.C.C.C.C.CCP.O.O=O.O=O.O=PO.O=PO.O=PO.O=PO.O=PO.O=PO.O=[P+]=O.P.P. The predicted octanol–water partition coefficient (Wildman–Crippen LogP) is 6.50. The standard InChI is InChI=1S/C2H7P.7CH4.6HO2P.O2P.2O2.H2O.2H3P/c1-2-3;;;;;;;;7*1-3-2;2*1-2;;;/h2-3H2,1H3;7*1H4;6*(H,1,2);;;;1H2;2*1H3/q;;;;;;;;;;;;;;+1;;;;;. The van der Waals surface area contributed by atoms with E-state index < -0.39 is 60.5 Å². The minimum atomic E-state index is -1.08. The van der Waals surface area contributed by atoms with Gasteiger partial charge in [0, 0.05) is 19.9 Å². The topological polar surface area (TPSA) is 358 Å². The van der Waals surface area contributed by atoms with Crippen LogP contribution in [0.1, 0.15) is 58.9 Å². The summed E-state index contributed by atoms with van der Waals surface area (Å²) in [6.07, 6.45) is 1.17. The molecule has 0 aliphatic carbocycles. The fourth-order valence-electron chi connectivity index (χ4n) is 0. The maximum atomic E-state index is 8.46. The molecular formula is C9H49O19P10+. The molecule has 248 valence electrons. The molecule has 0 aliphatic heterocycles. The van der Waals surface area contributed by atoms with Gasteiger partial charge in [-0.3, -0.25) is 0 Å². The summed E-state index contributed by atoms with van der Waals surface area (Å²) in [5, 5.41) is 0. The van der Waals surface area contributed by atoms with Crippen molar-refractivity contribution < 1.29 is 71.4 Å². The first-order chi connectivity index (χ1) is 13.3. The maximum Gasteiger partial charge on any atom is -0.153 e. The first kappa shape index (κ1) is 157. The molecule has 0 aromatic heterocycles. The fraction of sp³-hybridized carbons (Fsp3) is 1.00. The minimum Gasteiger partial charge on any atom is -0.153 e. The molecule has 3 unspecified atom stereocenters. The molecular weight excluding hydrogens is 722 g/mol. The zero-order valence-corrected chi connectivity index (χ0v) is 25.2. The molecule has 0 heterocycles. The minimum absolute atomic E-state index is 0. The van der Waals surface area contributed by atoms with Gasteiger partial charge in [-0.1, -0.05) is 58.9 Å². The monoisotopic (exact) mass is 771 g/mol. The van der Waals surface area contributed by atoms with Crippen LogP contribution < -0.4 is 0 Å². The van der Waals surface area contributed by atoms with E-state index in [1.807, 2.05) is 0 Å². The summed E-state index contributed by atoms with van der Waals surface area (Å²) in [5.41, 5.74) is 0. The van der Waals surface area contributed by atoms with Crippen LogP contribution in [0.15, 0.2) is 0 Å². The average molecular weight is 771 g/mol. The molecule has 8 N–H and O–H groups in total. The van der Waals surface area contributed by atoms with E-state index in [9.17, 15) is 0 Å². The van der Waals surface area contributed by atoms with Crippen LogP contribution in [0.2, 0.25) is 0 Å². The Kier molecular flexibility index (Phi) is 2710. The first-order valence-corrected chi connectivity index (χ1v) is 10.2. The van der Waals surface area contributed by atoms with Gasteiger partial charge in [-0.05, 0) is 6.16 Å². The Balaban J connectivity index is -0.00000000513. The Morgan fingerprint density at radius 2 is 0.500 bits per heavy atom. The number of rotatable bonds is 0. The van der Waals surface area contributed by atoms with Gasteiger partial charge in [-0.25, -0.2) is 27.4 Å². The fourth-order valence-corrected chi connectivity index (χ4v) is 0. The van der Waals surface area contributed by atoms with Crippen molar-refractivity contribution in [3.05, 3.63) is 19.9 Å². The van der Waals surface area contributed by atoms with Crippen LogP contribution in [0.25, 0.3) is 0 Å². The molecule has 19 nitrogen and oxygen atoms in total. The Labute approximate surface area is 245 Å². The molecule has 0 bridgehead atoms. The van der Waals surface area contributed by atoms with E-state index in [1.54, 1.807) is 0 Å². The van der Waals surface area contributed by atoms with E-state index in [-0.39, 0.29) is 77.3 Å². The van der Waals surface area contributed by atoms with Crippen LogP contribution in [-0.4, -0.2) is 41.0 Å². The molecule has 0 fully saturated rings. The van der Waals surface area contributed by atoms with Crippen molar-refractivity contribution in [3.63, 3.8) is 0 Å². The number of hydrogen-bond acceptors (Lipinski definition) is 12. The third-order valence-corrected chi connectivity index (χ3v) is 0. The zero-order chi connectivity index (χ0) is 25.7. The van der Waals surface area contributed by atoms with E-state index in [1.165, 1.54) is 6.16 Å². The van der Waals surface area contributed by atoms with Crippen molar-refractivity contribution >= 4 is 89.5 Å². The molecule has 0 rings (SSSR count). The summed E-state index contributed by atoms with van der Waals surface area (Å²) in [5.74, 6) is 0. The van der Waals surface area contributed by atoms with Crippen LogP contribution >= 0.6 is 89.5 Å². The van der Waals surface area contributed by atoms with Crippen molar-refractivity contribution in [2.45, 2.75) is 58.9 Å². The molecule has 0 saturated carbocycles. The largest absolute Gasteiger partial charge is 0.153 e. The molecule has 3 atom stereocenters. The van der Waals surface area contributed by atoms with E-state index >= 15 is 0 Å². The second-order valence-corrected chi connectivity index (χ2v) is 2.92. The summed E-state index contributed by atoms with van der Waals surface area (Å²) in [6.45, 7) is 2.09. The summed E-state index contributed by atoms with van der Waals surface area (Å²) in [6, 6.07) is 0. The Morgan fingerprint density at radius 3 is 0.500 bits per heavy atom. The summed E-state index contributed by atoms with van der Waals surface area (Å²) >= 11 is 0. The van der Waals surface area contributed by atoms with Gasteiger partial charge in [0.25, 0.3) is 0 Å². The van der Waals surface area contributed by atoms with Crippen molar-refractivity contribution in [2.24, 2.45) is 0 Å². The molecule has 0 aliphatic rings. The quantitative estimate of drug-likeness (QED) is 0.143. The molecule has 0 aromatic rings. The second kappa shape index (κ2) is 657. The Hall–Kier alpha value is 0.840. The van der Waals surface area contributed by atoms with E-state index in [2.05, 4.69) is 16.2 Å². The van der Waals surface area contributed by atoms with Crippen LogP contribution in [-0.2, 0) is 36.5 Å². The smallest absolute Gasteiger partial charge is 0.153 e. The zero-order valence-electron chi connectivity index (χ0n) is 14.9. The summed E-state index contributed by atoms with van der Waals surface area (Å²) < 4.78 is 67.4. The maximum absolute atomic E-state index is 8.46. The van der Waals surface area contributed by atoms with E-state index in [4.69, 9.17) is 85.7 Å². The third kappa shape index (κ3) is 67100. The Morgan fingerprint density at radius 1 is 0.500 bits per heavy atom. The molecule has 0 radical (unpaired) electrons. The van der Waals surface area contributed by atoms with Gasteiger partial charge in [0.1, 0.15) is 0 Å². The van der Waals surface area contributed by atoms with Crippen molar-refractivity contribution in [1.29, 1.82) is 0 Å². The molecule has 0 aromatic carbocycles. The van der Waals surface area contributed by atoms with E-state index in [0.717, 1.165) is 0 Å². The summed E-state index contributed by atoms with van der Waals surface area (Å²) in [4.78, 5) is 69.9. The summed E-state index contributed by atoms with van der Waals surface area (Å²) in [7, 11) is -3.50.